The van der Waals surface area contributed by atoms with Crippen LogP contribution in [0.2, 0.25) is 0 Å². The lowest BCUT2D eigenvalue weighted by Crippen LogP contribution is -2.36. The zero-order valence-corrected chi connectivity index (χ0v) is 15.7. The van der Waals surface area contributed by atoms with Gasteiger partial charge in [0.05, 0.1) is 31.1 Å². The minimum absolute atomic E-state index is 0.801. The molecular formula is C23H23N2O2+. The first-order chi connectivity index (χ1) is 13.2. The average Bonchev–Trinajstić information content (AvgIpc) is 2.73. The van der Waals surface area contributed by atoms with Gasteiger partial charge in [0.15, 0.2) is 6.20 Å². The van der Waals surface area contributed by atoms with Crippen LogP contribution in [0.1, 0.15) is 0 Å². The van der Waals surface area contributed by atoms with Crippen molar-refractivity contribution in [1.29, 1.82) is 0 Å². The predicted octanol–water partition coefficient (Wildman–Crippen LogP) is 3.82. The van der Waals surface area contributed by atoms with E-state index >= 15 is 0 Å². The zero-order chi connectivity index (χ0) is 18.4. The van der Waals surface area contributed by atoms with Crippen LogP contribution in [0.15, 0.2) is 54.7 Å². The van der Waals surface area contributed by atoms with Crippen LogP contribution in [-0.2, 0) is 11.8 Å². The monoisotopic (exact) mass is 359 g/mol. The maximum Gasteiger partial charge on any atom is 0.220 e. The van der Waals surface area contributed by atoms with Gasteiger partial charge in [-0.15, -0.1) is 0 Å². The van der Waals surface area contributed by atoms with Gasteiger partial charge in [-0.05, 0) is 47.9 Å². The van der Waals surface area contributed by atoms with Gasteiger partial charge in [0, 0.05) is 29.5 Å². The third-order valence-corrected chi connectivity index (χ3v) is 5.59. The summed E-state index contributed by atoms with van der Waals surface area (Å²) in [5.74, 6) is 0.889. The molecule has 1 saturated heterocycles. The molecule has 3 aromatic carbocycles. The quantitative estimate of drug-likeness (QED) is 0.402. The Hall–Kier alpha value is -2.85. The lowest BCUT2D eigenvalue weighted by Gasteiger charge is -2.29. The van der Waals surface area contributed by atoms with E-state index in [-0.39, 0.29) is 0 Å². The molecule has 0 atom stereocenters. The highest BCUT2D eigenvalue weighted by atomic mass is 16.5. The van der Waals surface area contributed by atoms with Crippen molar-refractivity contribution in [3.8, 4) is 5.75 Å². The summed E-state index contributed by atoms with van der Waals surface area (Å²) in [7, 11) is 3.84. The normalized spacial score (nSPS) is 15.0. The molecule has 4 nitrogen and oxygen atoms in total. The Labute approximate surface area is 158 Å². The lowest BCUT2D eigenvalue weighted by atomic mass is 10.0. The highest BCUT2D eigenvalue weighted by molar-refractivity contribution is 6.14. The largest absolute Gasteiger partial charge is 0.497 e. The first kappa shape index (κ1) is 16.3. The Morgan fingerprint density at radius 3 is 2.48 bits per heavy atom. The minimum atomic E-state index is 0.801. The van der Waals surface area contributed by atoms with Crippen LogP contribution in [0.5, 0.6) is 5.75 Å². The Kier molecular flexibility index (Phi) is 3.87. The Morgan fingerprint density at radius 1 is 0.889 bits per heavy atom. The minimum Gasteiger partial charge on any atom is -0.497 e. The molecule has 0 saturated carbocycles. The van der Waals surface area contributed by atoms with Gasteiger partial charge in [0.25, 0.3) is 0 Å². The molecule has 4 aromatic rings. The Bertz CT molecular complexity index is 1160. The number of hydrogen-bond acceptors (Lipinski definition) is 3. The fraction of sp³-hybridized carbons (Fsp3) is 0.261. The van der Waals surface area contributed by atoms with Gasteiger partial charge >= 0.3 is 0 Å². The standard InChI is InChI=1S/C23H23N2O2/c1-24-15-17-3-5-18(25-9-11-27-12-10-25)14-22(17)21-7-4-16-13-19(26-2)6-8-20(16)23(21)24/h3-8,13-15H,9-12H2,1-2H3/q+1. The maximum absolute atomic E-state index is 5.51. The van der Waals surface area contributed by atoms with E-state index in [1.807, 2.05) is 6.07 Å². The number of aryl methyl sites for hydroxylation is 1. The molecule has 5 rings (SSSR count). The summed E-state index contributed by atoms with van der Waals surface area (Å²) in [6.07, 6.45) is 2.23. The summed E-state index contributed by atoms with van der Waals surface area (Å²) < 4.78 is 13.1. The van der Waals surface area contributed by atoms with E-state index in [0.29, 0.717) is 0 Å². The summed E-state index contributed by atoms with van der Waals surface area (Å²) in [4.78, 5) is 2.41. The average molecular weight is 359 g/mol. The predicted molar refractivity (Wildman–Crippen MR) is 110 cm³/mol. The van der Waals surface area contributed by atoms with E-state index in [1.54, 1.807) is 7.11 Å². The van der Waals surface area contributed by atoms with E-state index < -0.39 is 0 Å². The first-order valence-electron chi connectivity index (χ1n) is 9.40. The molecule has 2 heterocycles. The number of nitrogens with zero attached hydrogens (tertiary/aromatic N) is 2. The van der Waals surface area contributed by atoms with Crippen molar-refractivity contribution in [2.75, 3.05) is 38.3 Å². The first-order valence-corrected chi connectivity index (χ1v) is 9.40. The molecule has 0 unspecified atom stereocenters. The molecule has 0 aliphatic carbocycles. The number of methoxy groups -OCH3 is 1. The number of anilines is 1. The molecule has 1 fully saturated rings. The van der Waals surface area contributed by atoms with E-state index in [0.717, 1.165) is 32.1 Å². The van der Waals surface area contributed by atoms with Crippen LogP contribution in [0.25, 0.3) is 32.4 Å². The second-order valence-electron chi connectivity index (χ2n) is 7.16. The molecular weight excluding hydrogens is 336 g/mol. The molecule has 0 radical (unpaired) electrons. The van der Waals surface area contributed by atoms with Gasteiger partial charge in [-0.3, -0.25) is 0 Å². The van der Waals surface area contributed by atoms with Crippen molar-refractivity contribution in [2.24, 2.45) is 7.05 Å². The van der Waals surface area contributed by atoms with Crippen molar-refractivity contribution in [3.05, 3.63) is 54.7 Å². The summed E-state index contributed by atoms with van der Waals surface area (Å²) >= 11 is 0. The van der Waals surface area contributed by atoms with Gasteiger partial charge in [-0.25, -0.2) is 0 Å². The number of morpholine rings is 1. The lowest BCUT2D eigenvalue weighted by molar-refractivity contribution is -0.642. The van der Waals surface area contributed by atoms with Gasteiger partial charge in [0.2, 0.25) is 5.52 Å². The van der Waals surface area contributed by atoms with E-state index in [2.05, 4.69) is 65.2 Å². The molecule has 0 bridgehead atoms. The highest BCUT2D eigenvalue weighted by Gasteiger charge is 2.17. The molecule has 0 amide bonds. The summed E-state index contributed by atoms with van der Waals surface area (Å²) in [5, 5.41) is 6.28. The SMILES string of the molecule is COc1ccc2c(ccc3c4cc(N5CCOCC5)ccc4c[n+](C)c23)c1. The summed E-state index contributed by atoms with van der Waals surface area (Å²) in [5.41, 5.74) is 2.53. The molecule has 136 valence electrons. The van der Waals surface area contributed by atoms with Crippen LogP contribution in [-0.4, -0.2) is 33.4 Å². The van der Waals surface area contributed by atoms with Crippen molar-refractivity contribution >= 4 is 38.1 Å². The number of benzene rings is 3. The molecule has 27 heavy (non-hydrogen) atoms. The molecule has 1 aliphatic rings. The molecule has 4 heteroatoms. The fourth-order valence-corrected chi connectivity index (χ4v) is 4.20. The van der Waals surface area contributed by atoms with Gasteiger partial charge in [0.1, 0.15) is 12.8 Å². The van der Waals surface area contributed by atoms with E-state index in [1.165, 1.54) is 38.1 Å². The number of pyridine rings is 1. The number of ether oxygens (including phenoxy) is 2. The topological polar surface area (TPSA) is 25.6 Å². The molecule has 0 spiro atoms. The smallest absolute Gasteiger partial charge is 0.220 e. The second-order valence-corrected chi connectivity index (χ2v) is 7.16. The van der Waals surface area contributed by atoms with Gasteiger partial charge < -0.3 is 14.4 Å². The highest BCUT2D eigenvalue weighted by Crippen LogP contribution is 2.32. The molecule has 1 aliphatic heterocycles. The fourth-order valence-electron chi connectivity index (χ4n) is 4.20. The van der Waals surface area contributed by atoms with Crippen molar-refractivity contribution in [1.82, 2.24) is 0 Å². The third-order valence-electron chi connectivity index (χ3n) is 5.59. The van der Waals surface area contributed by atoms with Crippen LogP contribution >= 0.6 is 0 Å². The Morgan fingerprint density at radius 2 is 1.67 bits per heavy atom. The van der Waals surface area contributed by atoms with Crippen LogP contribution < -0.4 is 14.2 Å². The van der Waals surface area contributed by atoms with E-state index in [4.69, 9.17) is 9.47 Å². The van der Waals surface area contributed by atoms with Crippen molar-refractivity contribution in [3.63, 3.8) is 0 Å². The zero-order valence-electron chi connectivity index (χ0n) is 15.7. The molecule has 1 aromatic heterocycles. The van der Waals surface area contributed by atoms with Crippen molar-refractivity contribution in [2.45, 2.75) is 0 Å². The van der Waals surface area contributed by atoms with Gasteiger partial charge in [-0.2, -0.15) is 4.57 Å². The van der Waals surface area contributed by atoms with Crippen molar-refractivity contribution < 1.29 is 14.0 Å². The van der Waals surface area contributed by atoms with Crippen LogP contribution in [0, 0.1) is 0 Å². The summed E-state index contributed by atoms with van der Waals surface area (Å²) in [6, 6.07) is 17.5. The Balaban J connectivity index is 1.78. The number of rotatable bonds is 2. The summed E-state index contributed by atoms with van der Waals surface area (Å²) in [6.45, 7) is 3.50. The molecule has 0 N–H and O–H groups in total. The second kappa shape index (κ2) is 6.39. The van der Waals surface area contributed by atoms with Gasteiger partial charge in [-0.1, -0.05) is 6.07 Å². The maximum atomic E-state index is 5.51. The van der Waals surface area contributed by atoms with Crippen LogP contribution in [0.3, 0.4) is 0 Å². The third kappa shape index (κ3) is 2.68. The number of aromatic nitrogens is 1. The van der Waals surface area contributed by atoms with Crippen LogP contribution in [0.4, 0.5) is 5.69 Å². The number of fused-ring (bicyclic) bond motifs is 5. The van der Waals surface area contributed by atoms with E-state index in [9.17, 15) is 0 Å². The number of hydrogen-bond donors (Lipinski definition) is 0.